The Hall–Kier alpha value is -2.61. The Morgan fingerprint density at radius 1 is 1.03 bits per heavy atom. The number of ether oxygens (including phenoxy) is 3. The first kappa shape index (κ1) is 27.0. The number of likely N-dealkylation sites (tertiary alicyclic amines) is 2. The molecule has 2 fully saturated rings. The van der Waals surface area contributed by atoms with Gasteiger partial charge in [-0.15, -0.1) is 0 Å². The van der Waals surface area contributed by atoms with Gasteiger partial charge in [0.15, 0.2) is 0 Å². The largest absolute Gasteiger partial charge is 0.466 e. The predicted molar refractivity (Wildman–Crippen MR) is 132 cm³/mol. The van der Waals surface area contributed by atoms with E-state index in [4.69, 9.17) is 14.2 Å². The van der Waals surface area contributed by atoms with Crippen LogP contribution in [0.1, 0.15) is 65.4 Å². The fourth-order valence-corrected chi connectivity index (χ4v) is 5.02. The molecule has 0 aromatic heterocycles. The van der Waals surface area contributed by atoms with E-state index in [9.17, 15) is 14.4 Å². The first-order valence-corrected chi connectivity index (χ1v) is 12.7. The van der Waals surface area contributed by atoms with Crippen molar-refractivity contribution in [3.8, 4) is 0 Å². The van der Waals surface area contributed by atoms with Crippen molar-refractivity contribution in [2.45, 2.75) is 78.0 Å². The van der Waals surface area contributed by atoms with Crippen LogP contribution in [-0.4, -0.2) is 72.3 Å². The first-order valence-electron chi connectivity index (χ1n) is 12.7. The lowest BCUT2D eigenvalue weighted by Gasteiger charge is -2.46. The second kappa shape index (κ2) is 11.9. The molecular formula is C27H40N2O6. The van der Waals surface area contributed by atoms with Gasteiger partial charge in [-0.3, -0.25) is 14.5 Å². The third kappa shape index (κ3) is 7.69. The SMILES string of the molecule is CCOC(=O)C1(CC(=O)OC(C)(C)C)CCCN(C2CCN(C(=O)OCc3ccccc3)CC2)C1. The zero-order valence-corrected chi connectivity index (χ0v) is 21.6. The third-order valence-electron chi connectivity index (χ3n) is 6.66. The molecule has 8 nitrogen and oxygen atoms in total. The Labute approximate surface area is 208 Å². The summed E-state index contributed by atoms with van der Waals surface area (Å²) in [5.41, 5.74) is -0.546. The molecule has 1 aromatic carbocycles. The highest BCUT2D eigenvalue weighted by Gasteiger charge is 2.47. The molecule has 0 saturated carbocycles. The minimum atomic E-state index is -0.900. The van der Waals surface area contributed by atoms with Crippen molar-refractivity contribution in [1.82, 2.24) is 9.80 Å². The summed E-state index contributed by atoms with van der Waals surface area (Å²) in [6, 6.07) is 9.88. The standard InChI is InChI=1S/C27H40N2O6/c1-5-33-24(31)27(18-23(30)35-26(2,3)4)14-9-15-29(20-27)22-12-16-28(17-13-22)25(32)34-19-21-10-7-6-8-11-21/h6-8,10-11,22H,5,9,12-20H2,1-4H3. The fourth-order valence-electron chi connectivity index (χ4n) is 5.02. The average Bonchev–Trinajstić information content (AvgIpc) is 2.82. The van der Waals surface area contributed by atoms with E-state index in [2.05, 4.69) is 4.90 Å². The van der Waals surface area contributed by atoms with Crippen LogP contribution in [0.2, 0.25) is 0 Å². The van der Waals surface area contributed by atoms with Gasteiger partial charge in [0, 0.05) is 25.7 Å². The minimum Gasteiger partial charge on any atom is -0.466 e. The Bertz CT molecular complexity index is 860. The van der Waals surface area contributed by atoms with Crippen molar-refractivity contribution >= 4 is 18.0 Å². The van der Waals surface area contributed by atoms with Crippen LogP contribution >= 0.6 is 0 Å². The smallest absolute Gasteiger partial charge is 0.410 e. The van der Waals surface area contributed by atoms with Gasteiger partial charge < -0.3 is 19.1 Å². The van der Waals surface area contributed by atoms with E-state index in [0.717, 1.165) is 31.4 Å². The monoisotopic (exact) mass is 488 g/mol. The van der Waals surface area contributed by atoms with E-state index in [1.54, 1.807) is 11.8 Å². The van der Waals surface area contributed by atoms with E-state index < -0.39 is 11.0 Å². The van der Waals surface area contributed by atoms with E-state index in [0.29, 0.717) is 26.1 Å². The molecule has 3 rings (SSSR count). The number of piperidine rings is 2. The maximum absolute atomic E-state index is 13.1. The molecule has 2 heterocycles. The molecule has 1 amide bonds. The highest BCUT2D eigenvalue weighted by atomic mass is 16.6. The summed E-state index contributed by atoms with van der Waals surface area (Å²) in [5, 5.41) is 0. The number of hydrogen-bond acceptors (Lipinski definition) is 7. The summed E-state index contributed by atoms with van der Waals surface area (Å²) in [5.74, 6) is -0.694. The average molecular weight is 489 g/mol. The lowest BCUT2D eigenvalue weighted by atomic mass is 9.76. The number of hydrogen-bond donors (Lipinski definition) is 0. The summed E-state index contributed by atoms with van der Waals surface area (Å²) < 4.78 is 16.5. The molecule has 0 N–H and O–H groups in total. The summed E-state index contributed by atoms with van der Waals surface area (Å²) >= 11 is 0. The molecule has 8 heteroatoms. The first-order chi connectivity index (χ1) is 16.6. The van der Waals surface area contributed by atoms with Crippen molar-refractivity contribution in [1.29, 1.82) is 0 Å². The van der Waals surface area contributed by atoms with Gasteiger partial charge in [-0.2, -0.15) is 0 Å². The third-order valence-corrected chi connectivity index (χ3v) is 6.66. The van der Waals surface area contributed by atoms with Crippen molar-refractivity contribution in [2.75, 3.05) is 32.8 Å². The maximum atomic E-state index is 13.1. The Morgan fingerprint density at radius 2 is 1.71 bits per heavy atom. The summed E-state index contributed by atoms with van der Waals surface area (Å²) in [6.07, 6.45) is 2.73. The number of rotatable bonds is 7. The van der Waals surface area contributed by atoms with Crippen molar-refractivity contribution in [3.63, 3.8) is 0 Å². The van der Waals surface area contributed by atoms with Crippen molar-refractivity contribution in [3.05, 3.63) is 35.9 Å². The zero-order valence-electron chi connectivity index (χ0n) is 21.6. The topological polar surface area (TPSA) is 85.4 Å². The maximum Gasteiger partial charge on any atom is 0.410 e. The number of nitrogens with zero attached hydrogens (tertiary/aromatic N) is 2. The summed E-state index contributed by atoms with van der Waals surface area (Å²) in [4.78, 5) is 42.3. The molecule has 35 heavy (non-hydrogen) atoms. The number of amides is 1. The van der Waals surface area contributed by atoms with Gasteiger partial charge in [0.25, 0.3) is 0 Å². The molecule has 0 aliphatic carbocycles. The highest BCUT2D eigenvalue weighted by Crippen LogP contribution is 2.38. The molecule has 2 aliphatic rings. The van der Waals surface area contributed by atoms with Crippen LogP contribution < -0.4 is 0 Å². The van der Waals surface area contributed by atoms with Crippen LogP contribution in [0.15, 0.2) is 30.3 Å². The van der Waals surface area contributed by atoms with Crippen LogP contribution in [0.3, 0.4) is 0 Å². The lowest BCUT2D eigenvalue weighted by molar-refractivity contribution is -0.171. The molecule has 0 spiro atoms. The molecule has 1 unspecified atom stereocenters. The van der Waals surface area contributed by atoms with Gasteiger partial charge in [-0.05, 0) is 65.5 Å². The molecule has 1 aromatic rings. The number of esters is 2. The molecule has 0 bridgehead atoms. The molecular weight excluding hydrogens is 448 g/mol. The molecule has 194 valence electrons. The number of benzene rings is 1. The lowest BCUT2D eigenvalue weighted by Crippen LogP contribution is -2.55. The van der Waals surface area contributed by atoms with Crippen LogP contribution in [-0.2, 0) is 30.4 Å². The van der Waals surface area contributed by atoms with E-state index in [-0.39, 0.29) is 43.7 Å². The van der Waals surface area contributed by atoms with Crippen molar-refractivity contribution in [2.24, 2.45) is 5.41 Å². The molecule has 2 aliphatic heterocycles. The van der Waals surface area contributed by atoms with Crippen LogP contribution in [0, 0.1) is 5.41 Å². The summed E-state index contributed by atoms with van der Waals surface area (Å²) in [6.45, 7) is 10.3. The van der Waals surface area contributed by atoms with Gasteiger partial charge in [0.05, 0.1) is 18.4 Å². The van der Waals surface area contributed by atoms with E-state index in [1.165, 1.54) is 0 Å². The second-order valence-electron chi connectivity index (χ2n) is 10.6. The van der Waals surface area contributed by atoms with Gasteiger partial charge in [0.2, 0.25) is 0 Å². The number of carbonyl (C=O) groups excluding carboxylic acids is 3. The Balaban J connectivity index is 1.58. The molecule has 2 saturated heterocycles. The quantitative estimate of drug-likeness (QED) is 0.421. The van der Waals surface area contributed by atoms with E-state index in [1.807, 2.05) is 51.1 Å². The fraction of sp³-hybridized carbons (Fsp3) is 0.667. The van der Waals surface area contributed by atoms with Crippen molar-refractivity contribution < 1.29 is 28.6 Å². The highest BCUT2D eigenvalue weighted by molar-refractivity contribution is 5.84. The van der Waals surface area contributed by atoms with Crippen LogP contribution in [0.5, 0.6) is 0 Å². The Kier molecular flexibility index (Phi) is 9.16. The normalized spacial score (nSPS) is 21.9. The Morgan fingerprint density at radius 3 is 2.34 bits per heavy atom. The predicted octanol–water partition coefficient (Wildman–Crippen LogP) is 4.16. The van der Waals surface area contributed by atoms with Gasteiger partial charge >= 0.3 is 18.0 Å². The molecule has 0 radical (unpaired) electrons. The summed E-state index contributed by atoms with van der Waals surface area (Å²) in [7, 11) is 0. The van der Waals surface area contributed by atoms with E-state index >= 15 is 0 Å². The number of carbonyl (C=O) groups is 3. The van der Waals surface area contributed by atoms with Crippen LogP contribution in [0.25, 0.3) is 0 Å². The zero-order chi connectivity index (χ0) is 25.5. The molecule has 1 atom stereocenters. The minimum absolute atomic E-state index is 0.0181. The van der Waals surface area contributed by atoms with Gasteiger partial charge in [-0.1, -0.05) is 30.3 Å². The van der Waals surface area contributed by atoms with Crippen LogP contribution in [0.4, 0.5) is 4.79 Å². The van der Waals surface area contributed by atoms with Gasteiger partial charge in [0.1, 0.15) is 12.2 Å². The second-order valence-corrected chi connectivity index (χ2v) is 10.6. The van der Waals surface area contributed by atoms with Gasteiger partial charge in [-0.25, -0.2) is 4.79 Å².